The van der Waals surface area contributed by atoms with Gasteiger partial charge < -0.3 is 35.2 Å². The highest BCUT2D eigenvalue weighted by Gasteiger charge is 2.23. The summed E-state index contributed by atoms with van der Waals surface area (Å²) < 4.78 is 28.0. The van der Waals surface area contributed by atoms with E-state index in [0.29, 0.717) is 56.8 Å². The molecule has 1 aromatic carbocycles. The molecule has 0 unspecified atom stereocenters. The van der Waals surface area contributed by atoms with Gasteiger partial charge in [0.15, 0.2) is 0 Å². The fourth-order valence-corrected chi connectivity index (χ4v) is 3.03. The van der Waals surface area contributed by atoms with Crippen molar-refractivity contribution in [2.24, 2.45) is 0 Å². The summed E-state index contributed by atoms with van der Waals surface area (Å²) in [6, 6.07) is 5.38. The molecule has 4 N–H and O–H groups in total. The van der Waals surface area contributed by atoms with Crippen LogP contribution in [0.1, 0.15) is 32.6 Å². The van der Waals surface area contributed by atoms with Crippen LogP contribution in [-0.4, -0.2) is 58.5 Å². The van der Waals surface area contributed by atoms with Gasteiger partial charge in [-0.3, -0.25) is 0 Å². The lowest BCUT2D eigenvalue weighted by Crippen LogP contribution is -2.29. The fourth-order valence-electron chi connectivity index (χ4n) is 3.03. The van der Waals surface area contributed by atoms with Crippen molar-refractivity contribution in [3.8, 4) is 5.75 Å². The van der Waals surface area contributed by atoms with E-state index in [1.54, 1.807) is 6.07 Å². The third kappa shape index (κ3) is 8.79. The van der Waals surface area contributed by atoms with E-state index in [2.05, 4.69) is 0 Å². The van der Waals surface area contributed by atoms with E-state index in [1.165, 1.54) is 0 Å². The molecular weight excluding hydrogens is 348 g/mol. The Bertz CT molecular complexity index is 521. The summed E-state index contributed by atoms with van der Waals surface area (Å²) in [4.78, 5) is 0. The van der Waals surface area contributed by atoms with E-state index >= 15 is 0 Å². The molecule has 0 atom stereocenters. The fraction of sp³-hybridized carbons (Fsp3) is 0.700. The van der Waals surface area contributed by atoms with E-state index in [-0.39, 0.29) is 12.2 Å². The van der Waals surface area contributed by atoms with Gasteiger partial charge in [0.05, 0.1) is 57.5 Å². The summed E-state index contributed by atoms with van der Waals surface area (Å²) in [5, 5.41) is 0. The van der Waals surface area contributed by atoms with Gasteiger partial charge in [-0.25, -0.2) is 0 Å². The maximum Gasteiger partial charge on any atom is 0.142 e. The molecule has 2 rings (SSSR count). The Balaban J connectivity index is 1.48. The SMILES string of the molecule is CCOCCOCCOCCOC1CCC(Oc2ccc(N)cc2N)CC1. The molecule has 0 amide bonds. The van der Waals surface area contributed by atoms with Crippen molar-refractivity contribution < 1.29 is 23.7 Å². The lowest BCUT2D eigenvalue weighted by molar-refractivity contribution is -0.0358. The number of anilines is 2. The minimum absolute atomic E-state index is 0.181. The molecule has 0 heterocycles. The predicted octanol–water partition coefficient (Wildman–Crippen LogP) is 2.63. The summed E-state index contributed by atoms with van der Waals surface area (Å²) in [6.45, 7) is 6.31. The number of nitrogen functional groups attached to an aromatic ring is 2. The van der Waals surface area contributed by atoms with Gasteiger partial charge >= 0.3 is 0 Å². The van der Waals surface area contributed by atoms with Crippen LogP contribution in [0.4, 0.5) is 11.4 Å². The minimum atomic E-state index is 0.181. The summed E-state index contributed by atoms with van der Waals surface area (Å²) in [6.07, 6.45) is 4.35. The van der Waals surface area contributed by atoms with Crippen molar-refractivity contribution in [2.75, 3.05) is 57.7 Å². The number of hydrogen-bond acceptors (Lipinski definition) is 7. The van der Waals surface area contributed by atoms with Crippen molar-refractivity contribution in [1.29, 1.82) is 0 Å². The molecule has 154 valence electrons. The quantitative estimate of drug-likeness (QED) is 0.400. The van der Waals surface area contributed by atoms with Crippen molar-refractivity contribution >= 4 is 11.4 Å². The van der Waals surface area contributed by atoms with Gasteiger partial charge in [0.2, 0.25) is 0 Å². The number of rotatable bonds is 13. The Morgan fingerprint density at radius 3 is 2.04 bits per heavy atom. The molecule has 1 fully saturated rings. The zero-order valence-corrected chi connectivity index (χ0v) is 16.4. The molecule has 1 aliphatic rings. The van der Waals surface area contributed by atoms with Gasteiger partial charge in [-0.05, 0) is 50.8 Å². The predicted molar refractivity (Wildman–Crippen MR) is 106 cm³/mol. The monoisotopic (exact) mass is 382 g/mol. The van der Waals surface area contributed by atoms with Gasteiger partial charge in [-0.1, -0.05) is 0 Å². The maximum absolute atomic E-state index is 6.01. The second-order valence-corrected chi connectivity index (χ2v) is 6.61. The molecule has 0 aliphatic heterocycles. The molecule has 0 spiro atoms. The molecule has 1 aromatic rings. The first kappa shape index (κ1) is 21.8. The first-order chi connectivity index (χ1) is 13.2. The number of hydrogen-bond donors (Lipinski definition) is 2. The third-order valence-corrected chi connectivity index (χ3v) is 4.48. The molecule has 0 aromatic heterocycles. The normalized spacial score (nSPS) is 19.9. The van der Waals surface area contributed by atoms with Crippen molar-refractivity contribution in [1.82, 2.24) is 0 Å². The average Bonchev–Trinajstić information content (AvgIpc) is 2.67. The second kappa shape index (κ2) is 12.8. The Morgan fingerprint density at radius 1 is 0.815 bits per heavy atom. The highest BCUT2D eigenvalue weighted by Crippen LogP contribution is 2.29. The first-order valence-corrected chi connectivity index (χ1v) is 9.85. The van der Waals surface area contributed by atoms with Crippen LogP contribution in [-0.2, 0) is 18.9 Å². The average molecular weight is 383 g/mol. The first-order valence-electron chi connectivity index (χ1n) is 9.85. The van der Waals surface area contributed by atoms with Crippen molar-refractivity contribution in [3.63, 3.8) is 0 Å². The molecule has 1 saturated carbocycles. The number of ether oxygens (including phenoxy) is 5. The second-order valence-electron chi connectivity index (χ2n) is 6.61. The smallest absolute Gasteiger partial charge is 0.142 e. The molecule has 1 aliphatic carbocycles. The molecule has 7 nitrogen and oxygen atoms in total. The summed E-state index contributed by atoms with van der Waals surface area (Å²) in [5.41, 5.74) is 12.9. The van der Waals surface area contributed by atoms with Crippen LogP contribution in [0.3, 0.4) is 0 Å². The van der Waals surface area contributed by atoms with Gasteiger partial charge in [0.25, 0.3) is 0 Å². The van der Waals surface area contributed by atoms with E-state index < -0.39 is 0 Å². The molecule has 7 heteroatoms. The van der Waals surface area contributed by atoms with Crippen LogP contribution >= 0.6 is 0 Å². The van der Waals surface area contributed by atoms with Crippen LogP contribution in [0.2, 0.25) is 0 Å². The van der Waals surface area contributed by atoms with Crippen LogP contribution in [0.15, 0.2) is 18.2 Å². The zero-order valence-electron chi connectivity index (χ0n) is 16.4. The largest absolute Gasteiger partial charge is 0.488 e. The van der Waals surface area contributed by atoms with Crippen LogP contribution < -0.4 is 16.2 Å². The van der Waals surface area contributed by atoms with E-state index in [4.69, 9.17) is 35.2 Å². The lowest BCUT2D eigenvalue weighted by atomic mass is 9.95. The summed E-state index contributed by atoms with van der Waals surface area (Å²) >= 11 is 0. The Labute approximate surface area is 162 Å². The van der Waals surface area contributed by atoms with Crippen molar-refractivity contribution in [3.05, 3.63) is 18.2 Å². The Hall–Kier alpha value is -1.54. The Kier molecular flexibility index (Phi) is 10.3. The minimum Gasteiger partial charge on any atom is -0.488 e. The van der Waals surface area contributed by atoms with Crippen molar-refractivity contribution in [2.45, 2.75) is 44.8 Å². The summed E-state index contributed by atoms with van der Waals surface area (Å²) in [7, 11) is 0. The Morgan fingerprint density at radius 2 is 1.41 bits per heavy atom. The van der Waals surface area contributed by atoms with Crippen LogP contribution in [0.25, 0.3) is 0 Å². The third-order valence-electron chi connectivity index (χ3n) is 4.48. The van der Waals surface area contributed by atoms with Crippen LogP contribution in [0.5, 0.6) is 5.75 Å². The molecule has 0 radical (unpaired) electrons. The lowest BCUT2D eigenvalue weighted by Gasteiger charge is -2.29. The van der Waals surface area contributed by atoms with Crippen LogP contribution in [0, 0.1) is 0 Å². The van der Waals surface area contributed by atoms with E-state index in [0.717, 1.165) is 32.3 Å². The maximum atomic E-state index is 6.01. The standard InChI is InChI=1S/C20H34N2O5/c1-2-23-9-10-24-11-12-25-13-14-26-17-4-6-18(7-5-17)27-20-8-3-16(21)15-19(20)22/h3,8,15,17-18H,2,4-7,9-14,21-22H2,1H3. The van der Waals surface area contributed by atoms with Gasteiger partial charge in [-0.2, -0.15) is 0 Å². The van der Waals surface area contributed by atoms with Gasteiger partial charge in [0, 0.05) is 12.3 Å². The van der Waals surface area contributed by atoms with Gasteiger partial charge in [-0.15, -0.1) is 0 Å². The van der Waals surface area contributed by atoms with Gasteiger partial charge in [0.1, 0.15) is 5.75 Å². The molecule has 0 bridgehead atoms. The highest BCUT2D eigenvalue weighted by atomic mass is 16.6. The summed E-state index contributed by atoms with van der Waals surface area (Å²) in [5.74, 6) is 0.713. The highest BCUT2D eigenvalue weighted by molar-refractivity contribution is 5.60. The molecule has 27 heavy (non-hydrogen) atoms. The number of nitrogens with two attached hydrogens (primary N) is 2. The number of benzene rings is 1. The van der Waals surface area contributed by atoms with E-state index in [1.807, 2.05) is 19.1 Å². The topological polar surface area (TPSA) is 98.2 Å². The van der Waals surface area contributed by atoms with E-state index in [9.17, 15) is 0 Å². The molecule has 0 saturated heterocycles. The molecular formula is C20H34N2O5. The zero-order chi connectivity index (χ0) is 19.3.